The Morgan fingerprint density at radius 3 is 1.33 bits per heavy atom. The molecule has 0 saturated heterocycles. The molecule has 8 nitrogen and oxygen atoms in total. The molecule has 0 spiro atoms. The molecule has 10 atom stereocenters. The van der Waals surface area contributed by atoms with Gasteiger partial charge in [0.2, 0.25) is 0 Å². The Bertz CT molecular complexity index is 1580. The van der Waals surface area contributed by atoms with Crippen LogP contribution in [0.4, 0.5) is 0 Å². The zero-order valence-corrected chi connectivity index (χ0v) is 33.8. The van der Waals surface area contributed by atoms with Crippen molar-refractivity contribution in [1.82, 2.24) is 0 Å². The first kappa shape index (κ1) is 37.9. The highest BCUT2D eigenvalue weighted by molar-refractivity contribution is 5.88. The summed E-state index contributed by atoms with van der Waals surface area (Å²) < 4.78 is 23.1. The number of rotatable bonds is 10. The van der Waals surface area contributed by atoms with Crippen molar-refractivity contribution in [3.8, 4) is 0 Å². The van der Waals surface area contributed by atoms with Crippen molar-refractivity contribution < 1.29 is 38.1 Å². The minimum atomic E-state index is -0.557. The SMILES string of the molecule is C=C(C)C(=O)OCC(=O)OC1(C2CC3CCC2C3)C2CC3CC1CC(C)(C3)C2.C=CC(=O)OCC(=O)OC1(C2CC3CCC2C3)C2CC3CC1CC(C)(C3)C2. The van der Waals surface area contributed by atoms with Gasteiger partial charge in [-0.3, -0.25) is 0 Å². The molecule has 0 aromatic heterocycles. The van der Waals surface area contributed by atoms with Crippen LogP contribution in [0.1, 0.15) is 136 Å². The van der Waals surface area contributed by atoms with Crippen LogP contribution in [-0.2, 0) is 38.1 Å². The zero-order valence-electron chi connectivity index (χ0n) is 33.8. The van der Waals surface area contributed by atoms with Crippen LogP contribution in [-0.4, -0.2) is 48.3 Å². The van der Waals surface area contributed by atoms with Crippen LogP contribution in [0.3, 0.4) is 0 Å². The highest BCUT2D eigenvalue weighted by Crippen LogP contribution is 2.71. The Labute approximate surface area is 328 Å². The summed E-state index contributed by atoms with van der Waals surface area (Å²) in [7, 11) is 0. The van der Waals surface area contributed by atoms with Crippen molar-refractivity contribution in [3.05, 3.63) is 24.8 Å². The van der Waals surface area contributed by atoms with Gasteiger partial charge >= 0.3 is 23.9 Å². The van der Waals surface area contributed by atoms with Gasteiger partial charge in [-0.1, -0.05) is 39.8 Å². The van der Waals surface area contributed by atoms with E-state index in [1.54, 1.807) is 6.92 Å². The fraction of sp³-hybridized carbons (Fsp3) is 0.830. The Hall–Kier alpha value is -2.64. The molecule has 12 saturated carbocycles. The molecule has 12 fully saturated rings. The van der Waals surface area contributed by atoms with Crippen LogP contribution in [0.15, 0.2) is 24.8 Å². The van der Waals surface area contributed by atoms with E-state index < -0.39 is 11.9 Å². The molecule has 55 heavy (non-hydrogen) atoms. The van der Waals surface area contributed by atoms with Gasteiger partial charge in [0.05, 0.1) is 0 Å². The minimum Gasteiger partial charge on any atom is -0.456 e. The molecule has 0 N–H and O–H groups in total. The van der Waals surface area contributed by atoms with Crippen molar-refractivity contribution in [1.29, 1.82) is 0 Å². The number of carbonyl (C=O) groups excluding carboxylic acids is 4. The van der Waals surface area contributed by atoms with Crippen LogP contribution in [0.2, 0.25) is 0 Å². The largest absolute Gasteiger partial charge is 0.456 e. The second kappa shape index (κ2) is 13.7. The Kier molecular flexibility index (Phi) is 9.47. The normalized spacial score (nSPS) is 48.6. The van der Waals surface area contributed by atoms with Gasteiger partial charge in [-0.15, -0.1) is 0 Å². The van der Waals surface area contributed by atoms with E-state index in [-0.39, 0.29) is 36.4 Å². The molecule has 12 aliphatic rings. The first-order chi connectivity index (χ1) is 26.2. The number of hydrogen-bond donors (Lipinski definition) is 0. The van der Waals surface area contributed by atoms with E-state index in [9.17, 15) is 19.2 Å². The molecule has 0 heterocycles. The lowest BCUT2D eigenvalue weighted by Gasteiger charge is -2.66. The maximum absolute atomic E-state index is 12.9. The maximum Gasteiger partial charge on any atom is 0.344 e. The van der Waals surface area contributed by atoms with Crippen LogP contribution in [0, 0.1) is 81.8 Å². The second-order valence-corrected chi connectivity index (χ2v) is 21.7. The first-order valence-corrected chi connectivity index (χ1v) is 22.3. The van der Waals surface area contributed by atoms with Crippen molar-refractivity contribution in [2.24, 2.45) is 81.8 Å². The standard InChI is InChI=1S/C24H34O4.C23H32O4/c1-14(2)22(26)27-13-21(25)28-24(20-9-15-4-5-17(20)6-15)18-7-16-8-19(24)12-23(3,10-16)11-18;1-3-20(24)26-13-21(25)27-23(19-9-14-4-5-16(19)6-14)17-7-15-8-18(23)12-22(2,10-15)11-17/h15-20H,1,4-13H2,2-3H3;3,14-19H,1,4-13H2,2H3. The zero-order chi connectivity index (χ0) is 38.5. The third kappa shape index (κ3) is 6.44. The summed E-state index contributed by atoms with van der Waals surface area (Å²) in [6.45, 7) is 12.9. The summed E-state index contributed by atoms with van der Waals surface area (Å²) >= 11 is 0. The molecule has 12 aliphatic carbocycles. The van der Waals surface area contributed by atoms with Gasteiger partial charge < -0.3 is 18.9 Å². The van der Waals surface area contributed by atoms with Gasteiger partial charge in [-0.2, -0.15) is 0 Å². The lowest BCUT2D eigenvalue weighted by molar-refractivity contribution is -0.249. The molecule has 12 rings (SSSR count). The van der Waals surface area contributed by atoms with E-state index in [4.69, 9.17) is 18.9 Å². The van der Waals surface area contributed by atoms with E-state index in [1.165, 1.54) is 116 Å². The van der Waals surface area contributed by atoms with Gasteiger partial charge in [0.1, 0.15) is 11.2 Å². The predicted octanol–water partition coefficient (Wildman–Crippen LogP) is 8.95. The molecule has 12 bridgehead atoms. The van der Waals surface area contributed by atoms with Gasteiger partial charge in [-0.05, 0) is 156 Å². The molecular weight excluding hydrogens is 693 g/mol. The van der Waals surface area contributed by atoms with Crippen LogP contribution < -0.4 is 0 Å². The number of fused-ring (bicyclic) bond motifs is 4. The van der Waals surface area contributed by atoms with Gasteiger partial charge in [0.25, 0.3) is 0 Å². The molecule has 0 aliphatic heterocycles. The molecule has 302 valence electrons. The van der Waals surface area contributed by atoms with Crippen LogP contribution in [0.25, 0.3) is 0 Å². The Balaban J connectivity index is 0.000000144. The quantitative estimate of drug-likeness (QED) is 0.124. The van der Waals surface area contributed by atoms with Crippen molar-refractivity contribution in [2.45, 2.75) is 148 Å². The topological polar surface area (TPSA) is 105 Å². The van der Waals surface area contributed by atoms with Gasteiger partial charge in [-0.25, -0.2) is 19.2 Å². The lowest BCUT2D eigenvalue weighted by atomic mass is 9.42. The molecule has 8 heteroatoms. The maximum atomic E-state index is 12.9. The van der Waals surface area contributed by atoms with Crippen molar-refractivity contribution in [2.75, 3.05) is 13.2 Å². The van der Waals surface area contributed by atoms with Crippen molar-refractivity contribution in [3.63, 3.8) is 0 Å². The number of ether oxygens (including phenoxy) is 4. The summed E-state index contributed by atoms with van der Waals surface area (Å²) in [5.41, 5.74) is 0.602. The van der Waals surface area contributed by atoms with Crippen LogP contribution >= 0.6 is 0 Å². The number of carbonyl (C=O) groups is 4. The summed E-state index contributed by atoms with van der Waals surface area (Å²) in [5.74, 6) is 6.00. The highest BCUT2D eigenvalue weighted by Gasteiger charge is 2.69. The minimum absolute atomic E-state index is 0.283. The van der Waals surface area contributed by atoms with E-state index in [1.807, 2.05) is 0 Å². The Morgan fingerprint density at radius 1 is 0.582 bits per heavy atom. The smallest absolute Gasteiger partial charge is 0.344 e. The summed E-state index contributed by atoms with van der Waals surface area (Å²) in [6.07, 6.45) is 24.0. The highest BCUT2D eigenvalue weighted by atomic mass is 16.6. The average Bonchev–Trinajstić information content (AvgIpc) is 3.96. The monoisotopic (exact) mass is 758 g/mol. The van der Waals surface area contributed by atoms with Gasteiger partial charge in [0, 0.05) is 47.2 Å². The first-order valence-electron chi connectivity index (χ1n) is 22.3. The molecular formula is C47H66O8. The lowest BCUT2D eigenvalue weighted by Crippen LogP contribution is -2.66. The summed E-state index contributed by atoms with van der Waals surface area (Å²) in [5, 5.41) is 0. The summed E-state index contributed by atoms with van der Waals surface area (Å²) in [4.78, 5) is 48.8. The number of hydrogen-bond acceptors (Lipinski definition) is 8. The third-order valence-electron chi connectivity index (χ3n) is 17.9. The third-order valence-corrected chi connectivity index (χ3v) is 17.9. The molecule has 0 aromatic rings. The average molecular weight is 759 g/mol. The molecule has 10 unspecified atom stereocenters. The fourth-order valence-corrected chi connectivity index (χ4v) is 17.0. The van der Waals surface area contributed by atoms with Crippen LogP contribution in [0.5, 0.6) is 0 Å². The van der Waals surface area contributed by atoms with E-state index in [0.29, 0.717) is 51.9 Å². The molecule has 0 amide bonds. The van der Waals surface area contributed by atoms with Crippen molar-refractivity contribution >= 4 is 23.9 Å². The summed E-state index contributed by atoms with van der Waals surface area (Å²) in [6, 6.07) is 0. The van der Waals surface area contributed by atoms with E-state index >= 15 is 0 Å². The van der Waals surface area contributed by atoms with Gasteiger partial charge in [0.15, 0.2) is 13.2 Å². The Morgan fingerprint density at radius 2 is 1.00 bits per heavy atom. The fourth-order valence-electron chi connectivity index (χ4n) is 17.0. The predicted molar refractivity (Wildman–Crippen MR) is 206 cm³/mol. The molecule has 0 aromatic carbocycles. The number of esters is 4. The van der Waals surface area contributed by atoms with E-state index in [0.717, 1.165) is 41.6 Å². The van der Waals surface area contributed by atoms with E-state index in [2.05, 4.69) is 27.0 Å². The molecule has 0 radical (unpaired) electrons. The second-order valence-electron chi connectivity index (χ2n) is 21.7.